The predicted molar refractivity (Wildman–Crippen MR) is 194 cm³/mol. The fraction of sp³-hybridized carbons (Fsp3) is 0.368. The van der Waals surface area contributed by atoms with E-state index in [1.54, 1.807) is 29.2 Å². The minimum absolute atomic E-state index is 0.274. The van der Waals surface area contributed by atoms with Crippen molar-refractivity contribution in [2.75, 3.05) is 45.3 Å². The molecule has 0 atom stereocenters. The summed E-state index contributed by atoms with van der Waals surface area (Å²) in [4.78, 5) is 45.2. The Balaban J connectivity index is 1.53. The number of anilines is 1. The molecule has 1 aliphatic heterocycles. The standard InChI is InChI=1S/C38H45N3O7S/c1-6-10-29-23-26(11-17-31(29)46-7-2)19-21-39-38-41(22-20-27-12-18-32(47-8-3)33(24-27)48-9-4)36(43)34(49-38)25-35(42)40-30-15-13-28(14-16-30)37(44)45-5/h11-18,23-25H,6-10,19-22H2,1-5H3,(H,40,42)/b34-25+,39-38?. The lowest BCUT2D eigenvalue weighted by Gasteiger charge is -2.17. The number of hydrogen-bond donors (Lipinski definition) is 1. The molecule has 0 aliphatic carbocycles. The van der Waals surface area contributed by atoms with Crippen LogP contribution in [-0.4, -0.2) is 67.9 Å². The quantitative estimate of drug-likeness (QED) is 0.121. The Labute approximate surface area is 292 Å². The first-order valence-electron chi connectivity index (χ1n) is 16.7. The molecule has 260 valence electrons. The zero-order chi connectivity index (χ0) is 35.2. The highest BCUT2D eigenvalue weighted by Crippen LogP contribution is 2.33. The van der Waals surface area contributed by atoms with Gasteiger partial charge in [0.15, 0.2) is 16.7 Å². The van der Waals surface area contributed by atoms with E-state index in [0.29, 0.717) is 73.7 Å². The van der Waals surface area contributed by atoms with Crippen molar-refractivity contribution in [2.24, 2.45) is 4.99 Å². The van der Waals surface area contributed by atoms with Gasteiger partial charge in [-0.3, -0.25) is 19.5 Å². The van der Waals surface area contributed by atoms with Crippen molar-refractivity contribution in [3.05, 3.63) is 93.9 Å². The summed E-state index contributed by atoms with van der Waals surface area (Å²) in [5, 5.41) is 3.30. The number of carbonyl (C=O) groups is 3. The Hall–Kier alpha value is -4.77. The van der Waals surface area contributed by atoms with Gasteiger partial charge in [0.25, 0.3) is 5.91 Å². The summed E-state index contributed by atoms with van der Waals surface area (Å²) in [6.07, 6.45) is 4.47. The maximum absolute atomic E-state index is 13.7. The van der Waals surface area contributed by atoms with Gasteiger partial charge in [-0.05, 0) is 111 Å². The largest absolute Gasteiger partial charge is 0.494 e. The van der Waals surface area contributed by atoms with E-state index in [4.69, 9.17) is 23.9 Å². The third-order valence-electron chi connectivity index (χ3n) is 7.55. The van der Waals surface area contributed by atoms with Gasteiger partial charge in [0.2, 0.25) is 5.91 Å². The first-order chi connectivity index (χ1) is 23.8. The maximum atomic E-state index is 13.7. The summed E-state index contributed by atoms with van der Waals surface area (Å²) in [7, 11) is 1.31. The lowest BCUT2D eigenvalue weighted by molar-refractivity contribution is -0.122. The van der Waals surface area contributed by atoms with Crippen LogP contribution in [0.1, 0.15) is 61.2 Å². The number of amides is 2. The van der Waals surface area contributed by atoms with E-state index in [1.807, 2.05) is 45.0 Å². The van der Waals surface area contributed by atoms with Crippen molar-refractivity contribution < 1.29 is 33.3 Å². The van der Waals surface area contributed by atoms with Crippen LogP contribution in [0.2, 0.25) is 0 Å². The van der Waals surface area contributed by atoms with Crippen LogP contribution >= 0.6 is 11.8 Å². The van der Waals surface area contributed by atoms with Crippen LogP contribution in [0.25, 0.3) is 0 Å². The Kier molecular flexibility index (Phi) is 14.1. The molecule has 2 amide bonds. The normalized spacial score (nSPS) is 14.3. The van der Waals surface area contributed by atoms with Crippen molar-refractivity contribution in [3.8, 4) is 17.2 Å². The van der Waals surface area contributed by atoms with Gasteiger partial charge < -0.3 is 24.3 Å². The molecule has 3 aromatic rings. The molecule has 0 bridgehead atoms. The van der Waals surface area contributed by atoms with Crippen molar-refractivity contribution in [1.82, 2.24) is 4.90 Å². The van der Waals surface area contributed by atoms with E-state index in [0.717, 1.165) is 29.7 Å². The fourth-order valence-corrected chi connectivity index (χ4v) is 6.25. The lowest BCUT2D eigenvalue weighted by Crippen LogP contribution is -2.31. The molecule has 1 heterocycles. The first-order valence-corrected chi connectivity index (χ1v) is 17.5. The molecule has 1 fully saturated rings. The van der Waals surface area contributed by atoms with Gasteiger partial charge >= 0.3 is 5.97 Å². The van der Waals surface area contributed by atoms with E-state index in [2.05, 4.69) is 24.4 Å². The van der Waals surface area contributed by atoms with Crippen LogP contribution in [0.4, 0.5) is 5.69 Å². The SMILES string of the molecule is CCCc1cc(CCN=C2S/C(=C/C(=O)Nc3ccc(C(=O)OC)cc3)C(=O)N2CCc2ccc(OCC)c(OCC)c2)ccc1OCC. The smallest absolute Gasteiger partial charge is 0.337 e. The van der Waals surface area contributed by atoms with Crippen LogP contribution in [0.15, 0.2) is 76.6 Å². The molecule has 0 aromatic heterocycles. The van der Waals surface area contributed by atoms with Gasteiger partial charge in [0, 0.05) is 24.9 Å². The molecule has 11 heteroatoms. The van der Waals surface area contributed by atoms with Crippen molar-refractivity contribution in [3.63, 3.8) is 0 Å². The molecule has 0 saturated carbocycles. The Morgan fingerprint density at radius 3 is 2.14 bits per heavy atom. The summed E-state index contributed by atoms with van der Waals surface area (Å²) in [5.41, 5.74) is 4.15. The molecule has 49 heavy (non-hydrogen) atoms. The van der Waals surface area contributed by atoms with Crippen molar-refractivity contribution in [1.29, 1.82) is 0 Å². The van der Waals surface area contributed by atoms with Crippen LogP contribution in [0.5, 0.6) is 17.2 Å². The number of thioether (sulfide) groups is 1. The number of esters is 1. The Morgan fingerprint density at radius 2 is 1.47 bits per heavy atom. The molecule has 4 rings (SSSR count). The number of benzene rings is 3. The first kappa shape index (κ1) is 37.1. The van der Waals surface area contributed by atoms with Gasteiger partial charge in [0.05, 0.1) is 37.4 Å². The average Bonchev–Trinajstić information content (AvgIpc) is 3.38. The van der Waals surface area contributed by atoms with Gasteiger partial charge in [-0.1, -0.05) is 31.5 Å². The molecule has 0 unspecified atom stereocenters. The van der Waals surface area contributed by atoms with E-state index < -0.39 is 11.9 Å². The number of nitrogens with zero attached hydrogens (tertiary/aromatic N) is 2. The second-order valence-corrected chi connectivity index (χ2v) is 12.1. The van der Waals surface area contributed by atoms with E-state index in [-0.39, 0.29) is 10.8 Å². The van der Waals surface area contributed by atoms with Crippen LogP contribution < -0.4 is 19.5 Å². The minimum atomic E-state index is -0.469. The third-order valence-corrected chi connectivity index (χ3v) is 8.59. The third kappa shape index (κ3) is 10.4. The number of carbonyl (C=O) groups excluding carboxylic acids is 3. The molecular weight excluding hydrogens is 642 g/mol. The number of amidine groups is 1. The molecule has 0 radical (unpaired) electrons. The van der Waals surface area contributed by atoms with Crippen LogP contribution in [0.3, 0.4) is 0 Å². The zero-order valence-electron chi connectivity index (χ0n) is 28.9. The zero-order valence-corrected chi connectivity index (χ0v) is 29.7. The number of aliphatic imine (C=N–C) groups is 1. The fourth-order valence-electron chi connectivity index (χ4n) is 5.25. The van der Waals surface area contributed by atoms with E-state index in [9.17, 15) is 14.4 Å². The molecule has 1 N–H and O–H groups in total. The molecular formula is C38H45N3O7S. The van der Waals surface area contributed by atoms with Gasteiger partial charge in [-0.2, -0.15) is 0 Å². The average molecular weight is 688 g/mol. The highest BCUT2D eigenvalue weighted by Gasteiger charge is 2.33. The number of methoxy groups -OCH3 is 1. The van der Waals surface area contributed by atoms with Crippen molar-refractivity contribution in [2.45, 2.75) is 53.4 Å². The predicted octanol–water partition coefficient (Wildman–Crippen LogP) is 6.86. The summed E-state index contributed by atoms with van der Waals surface area (Å²) in [6.45, 7) is 10.4. The molecule has 10 nitrogen and oxygen atoms in total. The number of aryl methyl sites for hydroxylation is 1. The molecule has 3 aromatic carbocycles. The Bertz CT molecular complexity index is 1670. The molecule has 1 saturated heterocycles. The second-order valence-electron chi connectivity index (χ2n) is 11.1. The summed E-state index contributed by atoms with van der Waals surface area (Å²) in [5.74, 6) is 1.03. The summed E-state index contributed by atoms with van der Waals surface area (Å²) < 4.78 is 22.0. The van der Waals surface area contributed by atoms with E-state index in [1.165, 1.54) is 30.5 Å². The second kappa shape index (κ2) is 18.7. The van der Waals surface area contributed by atoms with Crippen LogP contribution in [0, 0.1) is 0 Å². The minimum Gasteiger partial charge on any atom is -0.494 e. The number of nitrogens with one attached hydrogen (secondary N) is 1. The Morgan fingerprint density at radius 1 is 0.816 bits per heavy atom. The highest BCUT2D eigenvalue weighted by molar-refractivity contribution is 8.18. The molecule has 0 spiro atoms. The lowest BCUT2D eigenvalue weighted by atomic mass is 10.0. The van der Waals surface area contributed by atoms with Crippen LogP contribution in [-0.2, 0) is 33.6 Å². The van der Waals surface area contributed by atoms with E-state index >= 15 is 0 Å². The topological polar surface area (TPSA) is 116 Å². The summed E-state index contributed by atoms with van der Waals surface area (Å²) in [6, 6.07) is 18.4. The van der Waals surface area contributed by atoms with Gasteiger partial charge in [0.1, 0.15) is 5.75 Å². The highest BCUT2D eigenvalue weighted by atomic mass is 32.2. The number of ether oxygens (including phenoxy) is 4. The summed E-state index contributed by atoms with van der Waals surface area (Å²) >= 11 is 1.19. The number of hydrogen-bond acceptors (Lipinski definition) is 9. The molecule has 1 aliphatic rings. The van der Waals surface area contributed by atoms with Gasteiger partial charge in [-0.15, -0.1) is 0 Å². The number of rotatable bonds is 17. The van der Waals surface area contributed by atoms with Gasteiger partial charge in [-0.25, -0.2) is 4.79 Å². The monoisotopic (exact) mass is 687 g/mol. The maximum Gasteiger partial charge on any atom is 0.337 e. The van der Waals surface area contributed by atoms with Crippen molar-refractivity contribution >= 4 is 40.4 Å².